The molecule has 5 fully saturated rings. The molecule has 176 valence electrons. The van der Waals surface area contributed by atoms with E-state index in [9.17, 15) is 4.79 Å². The van der Waals surface area contributed by atoms with E-state index in [1.54, 1.807) is 0 Å². The van der Waals surface area contributed by atoms with Gasteiger partial charge in [-0.15, -0.1) is 0 Å². The Balaban J connectivity index is 1.31. The molecule has 0 spiro atoms. The Bertz CT molecular complexity index is 1100. The van der Waals surface area contributed by atoms with Gasteiger partial charge in [-0.2, -0.15) is 0 Å². The highest BCUT2D eigenvalue weighted by Crippen LogP contribution is 2.73. The minimum atomic E-state index is -0.329. The van der Waals surface area contributed by atoms with Crippen molar-refractivity contribution in [1.82, 2.24) is 0 Å². The maximum Gasteiger partial charge on any atom is 0.252 e. The molecule has 3 heteroatoms. The van der Waals surface area contributed by atoms with Crippen LogP contribution in [-0.2, 0) is 10.2 Å². The van der Waals surface area contributed by atoms with Crippen LogP contribution in [0.4, 0.5) is 0 Å². The first-order valence-corrected chi connectivity index (χ1v) is 13.2. The average molecular weight is 453 g/mol. The summed E-state index contributed by atoms with van der Waals surface area (Å²) in [6, 6.07) is 21.6. The lowest BCUT2D eigenvalue weighted by Crippen LogP contribution is -2.37. The molecule has 2 aromatic rings. The van der Waals surface area contributed by atoms with Crippen LogP contribution in [0.15, 0.2) is 71.2 Å². The molecule has 7 rings (SSSR count). The van der Waals surface area contributed by atoms with Crippen molar-refractivity contribution < 1.29 is 4.79 Å². The second-order valence-corrected chi connectivity index (χ2v) is 11.5. The van der Waals surface area contributed by atoms with Crippen LogP contribution < -0.4 is 5.73 Å². The summed E-state index contributed by atoms with van der Waals surface area (Å²) in [5.41, 5.74) is 9.83. The SMILES string of the molecule is NCC1CCC(C=NC(=O)C23CC4CC(c5ccccc5)(CC2/C4=C\c2ccccc2)C3)CC1. The van der Waals surface area contributed by atoms with Crippen LogP contribution in [0, 0.1) is 29.1 Å². The summed E-state index contributed by atoms with van der Waals surface area (Å²) in [6.45, 7) is 0.785. The molecule has 0 radical (unpaired) electrons. The summed E-state index contributed by atoms with van der Waals surface area (Å²) < 4.78 is 0. The molecule has 0 aliphatic heterocycles. The standard InChI is InChI=1S/C31H36N2O/c32-19-23-11-13-24(14-12-23)20-33-29(34)31-17-25-16-30(21-31,26-9-5-2-6-10-26)18-28(31)27(25)15-22-7-3-1-4-8-22/h1-10,15,20,23-25,28H,11-14,16-19,21,32H2/b27-15-,33-20?. The minimum Gasteiger partial charge on any atom is -0.330 e. The Morgan fingerprint density at radius 3 is 2.35 bits per heavy atom. The van der Waals surface area contributed by atoms with Crippen LogP contribution in [0.1, 0.15) is 62.5 Å². The summed E-state index contributed by atoms with van der Waals surface area (Å²) in [7, 11) is 0. The predicted molar refractivity (Wildman–Crippen MR) is 138 cm³/mol. The third-order valence-corrected chi connectivity index (χ3v) is 9.61. The van der Waals surface area contributed by atoms with Gasteiger partial charge in [0.1, 0.15) is 0 Å². The second kappa shape index (κ2) is 8.61. The van der Waals surface area contributed by atoms with Crippen molar-refractivity contribution in [2.45, 2.75) is 56.8 Å². The number of nitrogens with zero attached hydrogens (tertiary/aromatic N) is 1. The van der Waals surface area contributed by atoms with Crippen LogP contribution >= 0.6 is 0 Å². The quantitative estimate of drug-likeness (QED) is 0.550. The van der Waals surface area contributed by atoms with E-state index >= 15 is 0 Å². The Hall–Kier alpha value is -2.52. The largest absolute Gasteiger partial charge is 0.330 e. The summed E-state index contributed by atoms with van der Waals surface area (Å²) in [6.07, 6.45) is 13.1. The topological polar surface area (TPSA) is 55.4 Å². The molecule has 0 aromatic heterocycles. The van der Waals surface area contributed by atoms with Gasteiger partial charge in [-0.3, -0.25) is 4.79 Å². The summed E-state index contributed by atoms with van der Waals surface area (Å²) in [4.78, 5) is 18.6. The molecule has 5 saturated carbocycles. The molecule has 5 aliphatic carbocycles. The number of allylic oxidation sites excluding steroid dienone is 1. The van der Waals surface area contributed by atoms with E-state index in [4.69, 9.17) is 10.7 Å². The lowest BCUT2D eigenvalue weighted by Gasteiger charge is -2.41. The van der Waals surface area contributed by atoms with Gasteiger partial charge < -0.3 is 5.73 Å². The number of hydrogen-bond donors (Lipinski definition) is 1. The number of hydrogen-bond acceptors (Lipinski definition) is 2. The minimum absolute atomic E-state index is 0.118. The number of amides is 1. The zero-order valence-electron chi connectivity index (χ0n) is 20.0. The van der Waals surface area contributed by atoms with Gasteiger partial charge in [-0.25, -0.2) is 4.99 Å². The Labute approximate surface area is 203 Å². The molecule has 4 bridgehead atoms. The average Bonchev–Trinajstić information content (AvgIpc) is 3.26. The number of carbonyl (C=O) groups excluding carboxylic acids is 1. The summed E-state index contributed by atoms with van der Waals surface area (Å²) >= 11 is 0. The molecule has 34 heavy (non-hydrogen) atoms. The lowest BCUT2D eigenvalue weighted by atomic mass is 9.63. The van der Waals surface area contributed by atoms with E-state index in [-0.39, 0.29) is 16.7 Å². The number of carbonyl (C=O) groups is 1. The first-order valence-electron chi connectivity index (χ1n) is 13.2. The van der Waals surface area contributed by atoms with Crippen LogP contribution in [-0.4, -0.2) is 18.7 Å². The molecule has 2 N–H and O–H groups in total. The third-order valence-electron chi connectivity index (χ3n) is 9.61. The smallest absolute Gasteiger partial charge is 0.252 e. The van der Waals surface area contributed by atoms with E-state index in [1.807, 2.05) is 6.21 Å². The number of nitrogens with two attached hydrogens (primary N) is 1. The van der Waals surface area contributed by atoms with Gasteiger partial charge in [0.05, 0.1) is 5.41 Å². The maximum atomic E-state index is 13.9. The fraction of sp³-hybridized carbons (Fsp3) is 0.484. The maximum absolute atomic E-state index is 13.9. The van der Waals surface area contributed by atoms with E-state index in [2.05, 4.69) is 66.7 Å². The van der Waals surface area contributed by atoms with Gasteiger partial charge in [0.15, 0.2) is 0 Å². The predicted octanol–water partition coefficient (Wildman–Crippen LogP) is 6.19. The Morgan fingerprint density at radius 2 is 1.65 bits per heavy atom. The van der Waals surface area contributed by atoms with Crippen molar-refractivity contribution >= 4 is 18.2 Å². The highest BCUT2D eigenvalue weighted by molar-refractivity contribution is 5.92. The molecule has 2 aromatic carbocycles. The Morgan fingerprint density at radius 1 is 0.941 bits per heavy atom. The Kier molecular flexibility index (Phi) is 5.56. The molecular formula is C31H36N2O. The molecular weight excluding hydrogens is 416 g/mol. The van der Waals surface area contributed by atoms with E-state index in [0.29, 0.717) is 23.7 Å². The molecule has 4 atom stereocenters. The van der Waals surface area contributed by atoms with Gasteiger partial charge >= 0.3 is 0 Å². The lowest BCUT2D eigenvalue weighted by molar-refractivity contribution is -0.129. The first-order chi connectivity index (χ1) is 16.6. The number of rotatable bonds is 5. The van der Waals surface area contributed by atoms with Gasteiger partial charge in [0, 0.05) is 6.21 Å². The van der Waals surface area contributed by atoms with Gasteiger partial charge in [-0.05, 0) is 98.1 Å². The van der Waals surface area contributed by atoms with Crippen LogP contribution in [0.3, 0.4) is 0 Å². The zero-order chi connectivity index (χ0) is 23.2. The molecule has 0 saturated heterocycles. The second-order valence-electron chi connectivity index (χ2n) is 11.5. The van der Waals surface area contributed by atoms with Gasteiger partial charge in [0.2, 0.25) is 0 Å². The van der Waals surface area contributed by atoms with E-state index in [0.717, 1.165) is 57.9 Å². The fourth-order valence-electron chi connectivity index (χ4n) is 7.97. The van der Waals surface area contributed by atoms with E-state index in [1.165, 1.54) is 16.7 Å². The highest BCUT2D eigenvalue weighted by atomic mass is 16.1. The van der Waals surface area contributed by atoms with Crippen molar-refractivity contribution in [3.8, 4) is 0 Å². The monoisotopic (exact) mass is 452 g/mol. The van der Waals surface area contributed by atoms with Crippen LogP contribution in [0.5, 0.6) is 0 Å². The molecule has 3 nitrogen and oxygen atoms in total. The van der Waals surface area contributed by atoms with Crippen LogP contribution in [0.25, 0.3) is 6.08 Å². The van der Waals surface area contributed by atoms with Crippen molar-refractivity contribution in [2.24, 2.45) is 39.8 Å². The van der Waals surface area contributed by atoms with Crippen molar-refractivity contribution in [1.29, 1.82) is 0 Å². The van der Waals surface area contributed by atoms with Gasteiger partial charge in [-0.1, -0.05) is 72.3 Å². The molecule has 4 unspecified atom stereocenters. The molecule has 0 heterocycles. The van der Waals surface area contributed by atoms with Crippen molar-refractivity contribution in [3.63, 3.8) is 0 Å². The van der Waals surface area contributed by atoms with Crippen LogP contribution in [0.2, 0.25) is 0 Å². The van der Waals surface area contributed by atoms with Crippen molar-refractivity contribution in [3.05, 3.63) is 77.4 Å². The van der Waals surface area contributed by atoms with Crippen molar-refractivity contribution in [2.75, 3.05) is 6.54 Å². The number of benzene rings is 2. The molecule has 1 amide bonds. The first kappa shape index (κ1) is 22.0. The summed E-state index contributed by atoms with van der Waals surface area (Å²) in [5.74, 6) is 2.02. The van der Waals surface area contributed by atoms with Gasteiger partial charge in [0.25, 0.3) is 5.91 Å². The number of aliphatic imine (C=N–C) groups is 1. The zero-order valence-corrected chi connectivity index (χ0v) is 20.0. The highest BCUT2D eigenvalue weighted by Gasteiger charge is 2.69. The fourth-order valence-corrected chi connectivity index (χ4v) is 7.97. The third kappa shape index (κ3) is 3.60. The molecule has 5 aliphatic rings. The normalized spacial score (nSPS) is 37.6. The van der Waals surface area contributed by atoms with E-state index < -0.39 is 0 Å². The summed E-state index contributed by atoms with van der Waals surface area (Å²) in [5, 5.41) is 0.